The van der Waals surface area contributed by atoms with Gasteiger partial charge < -0.3 is 9.80 Å². The van der Waals surface area contributed by atoms with Crippen LogP contribution in [-0.2, 0) is 9.59 Å². The number of hydrogen-bond donors (Lipinski definition) is 1. The van der Waals surface area contributed by atoms with Gasteiger partial charge in [0.05, 0.1) is 0 Å². The minimum absolute atomic E-state index is 0.0200. The number of likely N-dealkylation sites (tertiary alicyclic amines) is 1. The number of carbonyl (C=O) groups is 2. The Kier molecular flexibility index (Phi) is 5.74. The maximum Gasteiger partial charge on any atom is 0.249 e. The Morgan fingerprint density at radius 1 is 1.22 bits per heavy atom. The quantitative estimate of drug-likeness (QED) is 0.853. The zero-order valence-electron chi connectivity index (χ0n) is 16.1. The molecule has 0 aliphatic carbocycles. The Bertz CT molecular complexity index is 816. The highest BCUT2D eigenvalue weighted by Crippen LogP contribution is 2.28. The second kappa shape index (κ2) is 8.04. The number of nitrogens with one attached hydrogen (secondary N) is 1. The topological polar surface area (TPSA) is 78.4 Å². The highest BCUT2D eigenvalue weighted by Gasteiger charge is 2.35. The molecular formula is C19H25N5O2S. The van der Waals surface area contributed by atoms with Gasteiger partial charge in [0.2, 0.25) is 16.9 Å². The lowest BCUT2D eigenvalue weighted by Crippen LogP contribution is -2.44. The van der Waals surface area contributed by atoms with Crippen LogP contribution in [0, 0.1) is 5.92 Å². The van der Waals surface area contributed by atoms with Gasteiger partial charge in [0, 0.05) is 37.8 Å². The summed E-state index contributed by atoms with van der Waals surface area (Å²) in [5, 5.41) is 12.3. The summed E-state index contributed by atoms with van der Waals surface area (Å²) in [7, 11) is 3.98. The highest BCUT2D eigenvalue weighted by molar-refractivity contribution is 7.18. The fraction of sp³-hybridized carbons (Fsp3) is 0.474. The van der Waals surface area contributed by atoms with E-state index in [1.165, 1.54) is 11.3 Å². The average molecular weight is 388 g/mol. The van der Waals surface area contributed by atoms with Crippen molar-refractivity contribution >= 4 is 34.0 Å². The van der Waals surface area contributed by atoms with Crippen molar-refractivity contribution in [1.82, 2.24) is 15.1 Å². The van der Waals surface area contributed by atoms with Crippen LogP contribution in [0.5, 0.6) is 0 Å². The molecule has 2 amide bonds. The second-order valence-corrected chi connectivity index (χ2v) is 8.16. The van der Waals surface area contributed by atoms with Crippen molar-refractivity contribution < 1.29 is 9.59 Å². The van der Waals surface area contributed by atoms with Gasteiger partial charge in [-0.2, -0.15) is 0 Å². The molecule has 3 rings (SSSR count). The number of amides is 2. The van der Waals surface area contributed by atoms with Gasteiger partial charge in [-0.25, -0.2) is 0 Å². The maximum atomic E-state index is 12.6. The Hall–Kier alpha value is -2.48. The van der Waals surface area contributed by atoms with Gasteiger partial charge in [0.1, 0.15) is 11.0 Å². The SMILES string of the molecule is CC(C)C(=O)N1CCC[C@H]1C(=O)Nc1nnc(-c2ccc(N(C)C)cc2)s1. The van der Waals surface area contributed by atoms with E-state index in [0.29, 0.717) is 18.1 Å². The zero-order valence-corrected chi connectivity index (χ0v) is 16.9. The summed E-state index contributed by atoms with van der Waals surface area (Å²) in [6.07, 6.45) is 1.53. The normalized spacial score (nSPS) is 16.6. The summed E-state index contributed by atoms with van der Waals surface area (Å²) in [6.45, 7) is 4.34. The molecule has 27 heavy (non-hydrogen) atoms. The smallest absolute Gasteiger partial charge is 0.249 e. The zero-order chi connectivity index (χ0) is 19.6. The predicted molar refractivity (Wildman–Crippen MR) is 108 cm³/mol. The number of benzene rings is 1. The van der Waals surface area contributed by atoms with E-state index in [0.717, 1.165) is 22.7 Å². The van der Waals surface area contributed by atoms with Crippen LogP contribution < -0.4 is 10.2 Å². The largest absolute Gasteiger partial charge is 0.378 e. The van der Waals surface area contributed by atoms with Crippen molar-refractivity contribution in [3.05, 3.63) is 24.3 Å². The molecule has 1 aromatic heterocycles. The molecule has 0 spiro atoms. The Balaban J connectivity index is 1.68. The summed E-state index contributed by atoms with van der Waals surface area (Å²) in [5.74, 6) is -0.282. The number of hydrogen-bond acceptors (Lipinski definition) is 6. The summed E-state index contributed by atoms with van der Waals surface area (Å²) in [5.41, 5.74) is 2.06. The molecule has 2 aromatic rings. The highest BCUT2D eigenvalue weighted by atomic mass is 32.1. The second-order valence-electron chi connectivity index (χ2n) is 7.19. The lowest BCUT2D eigenvalue weighted by atomic mass is 10.1. The first-order valence-electron chi connectivity index (χ1n) is 9.09. The molecular weight excluding hydrogens is 362 g/mol. The number of rotatable bonds is 5. The van der Waals surface area contributed by atoms with Crippen LogP contribution in [0.15, 0.2) is 24.3 Å². The maximum absolute atomic E-state index is 12.6. The first kappa shape index (κ1) is 19.3. The van der Waals surface area contributed by atoms with Crippen LogP contribution in [0.1, 0.15) is 26.7 Å². The standard InChI is InChI=1S/C19H25N5O2S/c1-12(2)18(26)24-11-5-6-15(24)16(25)20-19-22-21-17(27-19)13-7-9-14(10-8-13)23(3)4/h7-10,12,15H,5-6,11H2,1-4H3,(H,20,22,25)/t15-/m0/s1. The molecule has 0 saturated carbocycles. The van der Waals surface area contributed by atoms with Gasteiger partial charge in [-0.1, -0.05) is 25.2 Å². The van der Waals surface area contributed by atoms with E-state index in [-0.39, 0.29) is 17.7 Å². The van der Waals surface area contributed by atoms with Crippen LogP contribution in [0.4, 0.5) is 10.8 Å². The number of aromatic nitrogens is 2. The van der Waals surface area contributed by atoms with E-state index in [1.807, 2.05) is 57.1 Å². The number of carbonyl (C=O) groups excluding carboxylic acids is 2. The molecule has 1 fully saturated rings. The van der Waals surface area contributed by atoms with E-state index in [4.69, 9.17) is 0 Å². The van der Waals surface area contributed by atoms with Gasteiger partial charge >= 0.3 is 0 Å². The minimum atomic E-state index is -0.424. The molecule has 1 aliphatic heterocycles. The van der Waals surface area contributed by atoms with Crippen molar-refractivity contribution in [3.63, 3.8) is 0 Å². The van der Waals surface area contributed by atoms with Gasteiger partial charge in [0.25, 0.3) is 0 Å². The third-order valence-corrected chi connectivity index (χ3v) is 5.51. The summed E-state index contributed by atoms with van der Waals surface area (Å²) < 4.78 is 0. The van der Waals surface area contributed by atoms with Gasteiger partial charge in [-0.3, -0.25) is 14.9 Å². The van der Waals surface area contributed by atoms with Gasteiger partial charge in [-0.15, -0.1) is 10.2 Å². The molecule has 1 N–H and O–H groups in total. The minimum Gasteiger partial charge on any atom is -0.378 e. The van der Waals surface area contributed by atoms with E-state index in [1.54, 1.807) is 4.90 Å². The molecule has 1 saturated heterocycles. The van der Waals surface area contributed by atoms with E-state index < -0.39 is 6.04 Å². The van der Waals surface area contributed by atoms with E-state index in [2.05, 4.69) is 15.5 Å². The molecule has 0 bridgehead atoms. The lowest BCUT2D eigenvalue weighted by molar-refractivity contribution is -0.139. The van der Waals surface area contributed by atoms with Crippen LogP contribution in [0.3, 0.4) is 0 Å². The number of nitrogens with zero attached hydrogens (tertiary/aromatic N) is 4. The molecule has 8 heteroatoms. The summed E-state index contributed by atoms with van der Waals surface area (Å²) in [4.78, 5) is 28.7. The molecule has 0 unspecified atom stereocenters. The predicted octanol–water partition coefficient (Wildman–Crippen LogP) is 2.86. The van der Waals surface area contributed by atoms with Crippen LogP contribution in [-0.4, -0.2) is 53.6 Å². The van der Waals surface area contributed by atoms with Crippen LogP contribution in [0.2, 0.25) is 0 Å². The molecule has 144 valence electrons. The van der Waals surface area contributed by atoms with Crippen molar-refractivity contribution in [2.45, 2.75) is 32.7 Å². The Morgan fingerprint density at radius 3 is 2.56 bits per heavy atom. The van der Waals surface area contributed by atoms with Gasteiger partial charge in [-0.05, 0) is 37.1 Å². The van der Waals surface area contributed by atoms with Crippen LogP contribution >= 0.6 is 11.3 Å². The van der Waals surface area contributed by atoms with E-state index in [9.17, 15) is 9.59 Å². The van der Waals surface area contributed by atoms with Crippen molar-refractivity contribution in [2.24, 2.45) is 5.92 Å². The van der Waals surface area contributed by atoms with Crippen molar-refractivity contribution in [2.75, 3.05) is 30.9 Å². The first-order valence-corrected chi connectivity index (χ1v) is 9.91. The van der Waals surface area contributed by atoms with E-state index >= 15 is 0 Å². The van der Waals surface area contributed by atoms with Crippen LogP contribution in [0.25, 0.3) is 10.6 Å². The Morgan fingerprint density at radius 2 is 1.93 bits per heavy atom. The molecule has 1 atom stereocenters. The average Bonchev–Trinajstić information content (AvgIpc) is 3.30. The summed E-state index contributed by atoms with van der Waals surface area (Å²) in [6, 6.07) is 7.58. The van der Waals surface area contributed by atoms with Crippen molar-refractivity contribution in [1.29, 1.82) is 0 Å². The van der Waals surface area contributed by atoms with Crippen molar-refractivity contribution in [3.8, 4) is 10.6 Å². The first-order chi connectivity index (χ1) is 12.9. The monoisotopic (exact) mass is 387 g/mol. The fourth-order valence-corrected chi connectivity index (χ4v) is 3.87. The number of anilines is 2. The third-order valence-electron chi connectivity index (χ3n) is 4.62. The molecule has 7 nitrogen and oxygen atoms in total. The Labute approximate surface area is 163 Å². The van der Waals surface area contributed by atoms with Gasteiger partial charge in [0.15, 0.2) is 0 Å². The molecule has 0 radical (unpaired) electrons. The fourth-order valence-electron chi connectivity index (χ4n) is 3.12. The molecule has 2 heterocycles. The molecule has 1 aromatic carbocycles. The summed E-state index contributed by atoms with van der Waals surface area (Å²) >= 11 is 1.33. The molecule has 1 aliphatic rings. The lowest BCUT2D eigenvalue weighted by Gasteiger charge is -2.25. The third kappa shape index (κ3) is 4.27.